The predicted octanol–water partition coefficient (Wildman–Crippen LogP) is 3.64. The molecule has 0 radical (unpaired) electrons. The van der Waals surface area contributed by atoms with Crippen LogP contribution in [-0.4, -0.2) is 17.4 Å². The van der Waals surface area contributed by atoms with E-state index in [0.29, 0.717) is 0 Å². The molecule has 108 valence electrons. The number of hydrogen-bond acceptors (Lipinski definition) is 2. The third kappa shape index (κ3) is 2.33. The molecule has 2 amide bonds. The number of halogens is 4. The number of nitrogens with zero attached hydrogens (tertiary/aromatic N) is 1. The zero-order valence-electron chi connectivity index (χ0n) is 10.6. The average molecular weight is 306 g/mol. The Morgan fingerprint density at radius 2 is 1.95 bits per heavy atom. The summed E-state index contributed by atoms with van der Waals surface area (Å²) in [4.78, 5) is 12.7. The van der Waals surface area contributed by atoms with Crippen molar-refractivity contribution < 1.29 is 18.0 Å². The molecular weight excluding hydrogens is 295 g/mol. The van der Waals surface area contributed by atoms with Gasteiger partial charge in [0.05, 0.1) is 21.8 Å². The Labute approximate surface area is 118 Å². The minimum absolute atomic E-state index is 0.0465. The fourth-order valence-electron chi connectivity index (χ4n) is 1.88. The lowest BCUT2D eigenvalue weighted by atomic mass is 10.1. The largest absolute Gasteiger partial charge is 0.417 e. The summed E-state index contributed by atoms with van der Waals surface area (Å²) in [5.74, 6) is -0.127. The van der Waals surface area contributed by atoms with Gasteiger partial charge >= 0.3 is 12.2 Å². The number of carbonyl (C=O) groups is 1. The zero-order valence-corrected chi connectivity index (χ0v) is 11.4. The molecule has 1 fully saturated rings. The number of hydrogen-bond donors (Lipinski definition) is 2. The van der Waals surface area contributed by atoms with Crippen molar-refractivity contribution >= 4 is 29.2 Å². The first-order valence-electron chi connectivity index (χ1n) is 5.62. The molecule has 1 aromatic rings. The molecule has 0 atom stereocenters. The number of amidine groups is 1. The van der Waals surface area contributed by atoms with Gasteiger partial charge in [0.1, 0.15) is 5.84 Å². The first-order valence-corrected chi connectivity index (χ1v) is 6.00. The van der Waals surface area contributed by atoms with Crippen LogP contribution in [0.25, 0.3) is 0 Å². The van der Waals surface area contributed by atoms with Crippen LogP contribution in [0.3, 0.4) is 0 Å². The molecule has 4 nitrogen and oxygen atoms in total. The number of rotatable bonds is 1. The third-order valence-electron chi connectivity index (χ3n) is 2.95. The average Bonchev–Trinajstić information content (AvgIpc) is 2.48. The lowest BCUT2D eigenvalue weighted by molar-refractivity contribution is -0.137. The monoisotopic (exact) mass is 305 g/mol. The summed E-state index contributed by atoms with van der Waals surface area (Å²) in [5, 5.41) is 9.95. The lowest BCUT2D eigenvalue weighted by Gasteiger charge is -2.20. The molecular formula is C12H11ClF3N3O. The maximum atomic E-state index is 12.8. The van der Waals surface area contributed by atoms with Gasteiger partial charge in [-0.25, -0.2) is 9.69 Å². The van der Waals surface area contributed by atoms with Crippen LogP contribution in [0, 0.1) is 5.41 Å². The van der Waals surface area contributed by atoms with Crippen LogP contribution in [0.1, 0.15) is 19.4 Å². The van der Waals surface area contributed by atoms with E-state index in [-0.39, 0.29) is 11.5 Å². The molecule has 2 N–H and O–H groups in total. The minimum atomic E-state index is -4.62. The van der Waals surface area contributed by atoms with Crippen molar-refractivity contribution in [3.05, 3.63) is 28.8 Å². The smallest absolute Gasteiger partial charge is 0.325 e. The summed E-state index contributed by atoms with van der Waals surface area (Å²) < 4.78 is 38.4. The Balaban J connectivity index is 2.50. The molecule has 1 aliphatic rings. The van der Waals surface area contributed by atoms with E-state index < -0.39 is 28.3 Å². The molecule has 0 unspecified atom stereocenters. The standard InChI is InChI=1S/C12H11ClF3N3O/c1-11(2)9(17)19(10(20)18-11)6-3-4-8(13)7(5-6)12(14,15)16/h3-5,17H,1-2H3,(H,18,20). The van der Waals surface area contributed by atoms with Crippen molar-refractivity contribution in [2.45, 2.75) is 25.6 Å². The fourth-order valence-corrected chi connectivity index (χ4v) is 2.10. The van der Waals surface area contributed by atoms with E-state index in [4.69, 9.17) is 17.0 Å². The molecule has 1 aromatic carbocycles. The van der Waals surface area contributed by atoms with Gasteiger partial charge in [-0.3, -0.25) is 5.41 Å². The summed E-state index contributed by atoms with van der Waals surface area (Å²) in [6.45, 7) is 3.18. The second-order valence-electron chi connectivity index (χ2n) is 4.90. The summed E-state index contributed by atoms with van der Waals surface area (Å²) in [6, 6.07) is 2.45. The first-order chi connectivity index (χ1) is 9.04. The summed E-state index contributed by atoms with van der Waals surface area (Å²) in [6.07, 6.45) is -4.62. The van der Waals surface area contributed by atoms with Gasteiger partial charge in [0, 0.05) is 0 Å². The number of carbonyl (C=O) groups excluding carboxylic acids is 1. The van der Waals surface area contributed by atoms with Crippen LogP contribution in [0.4, 0.5) is 23.7 Å². The number of benzene rings is 1. The Bertz CT molecular complexity index is 598. The normalized spacial score (nSPS) is 18.4. The van der Waals surface area contributed by atoms with Crippen molar-refractivity contribution in [2.24, 2.45) is 0 Å². The van der Waals surface area contributed by atoms with Gasteiger partial charge in [-0.2, -0.15) is 13.2 Å². The Kier molecular flexibility index (Phi) is 3.20. The molecule has 20 heavy (non-hydrogen) atoms. The second-order valence-corrected chi connectivity index (χ2v) is 5.31. The fraction of sp³-hybridized carbons (Fsp3) is 0.333. The van der Waals surface area contributed by atoms with Crippen LogP contribution in [-0.2, 0) is 6.18 Å². The summed E-state index contributed by atoms with van der Waals surface area (Å²) in [5.41, 5.74) is -2.02. The van der Waals surface area contributed by atoms with Crippen molar-refractivity contribution in [3.63, 3.8) is 0 Å². The summed E-state index contributed by atoms with van der Waals surface area (Å²) in [7, 11) is 0. The molecule has 0 saturated carbocycles. The van der Waals surface area contributed by atoms with Gasteiger partial charge in [0.25, 0.3) is 0 Å². The quantitative estimate of drug-likeness (QED) is 0.817. The van der Waals surface area contributed by atoms with E-state index in [2.05, 4.69) is 5.32 Å². The van der Waals surface area contributed by atoms with E-state index in [1.54, 1.807) is 13.8 Å². The van der Waals surface area contributed by atoms with E-state index in [9.17, 15) is 18.0 Å². The highest BCUT2D eigenvalue weighted by Crippen LogP contribution is 2.37. The van der Waals surface area contributed by atoms with E-state index in [1.807, 2.05) is 0 Å². The predicted molar refractivity (Wildman–Crippen MR) is 69.3 cm³/mol. The maximum absolute atomic E-state index is 12.8. The highest BCUT2D eigenvalue weighted by molar-refractivity contribution is 6.31. The van der Waals surface area contributed by atoms with Gasteiger partial charge in [-0.1, -0.05) is 11.6 Å². The van der Waals surface area contributed by atoms with E-state index in [0.717, 1.165) is 17.0 Å². The van der Waals surface area contributed by atoms with Crippen molar-refractivity contribution in [2.75, 3.05) is 4.90 Å². The van der Waals surface area contributed by atoms with Gasteiger partial charge in [-0.05, 0) is 32.0 Å². The highest BCUT2D eigenvalue weighted by atomic mass is 35.5. The van der Waals surface area contributed by atoms with Gasteiger partial charge in [-0.15, -0.1) is 0 Å². The van der Waals surface area contributed by atoms with Crippen LogP contribution in [0.15, 0.2) is 18.2 Å². The molecule has 2 rings (SSSR count). The third-order valence-corrected chi connectivity index (χ3v) is 3.28. The SMILES string of the molecule is CC1(C)NC(=O)N(c2ccc(Cl)c(C(F)(F)F)c2)C1=N. The Hall–Kier alpha value is -1.76. The van der Waals surface area contributed by atoms with Gasteiger partial charge < -0.3 is 5.32 Å². The van der Waals surface area contributed by atoms with Crippen LogP contribution < -0.4 is 10.2 Å². The number of amides is 2. The number of nitrogens with one attached hydrogen (secondary N) is 2. The number of alkyl halides is 3. The molecule has 0 bridgehead atoms. The van der Waals surface area contributed by atoms with Crippen molar-refractivity contribution in [3.8, 4) is 0 Å². The molecule has 1 heterocycles. The van der Waals surface area contributed by atoms with Gasteiger partial charge in [0.15, 0.2) is 0 Å². The second kappa shape index (κ2) is 4.37. The van der Waals surface area contributed by atoms with Crippen molar-refractivity contribution in [1.29, 1.82) is 5.41 Å². The Morgan fingerprint density at radius 1 is 1.35 bits per heavy atom. The lowest BCUT2D eigenvalue weighted by Crippen LogP contribution is -2.39. The molecule has 0 aromatic heterocycles. The molecule has 0 aliphatic carbocycles. The van der Waals surface area contributed by atoms with Crippen LogP contribution in [0.5, 0.6) is 0 Å². The highest BCUT2D eigenvalue weighted by Gasteiger charge is 2.43. The number of anilines is 1. The first kappa shape index (κ1) is 14.6. The van der Waals surface area contributed by atoms with Crippen LogP contribution >= 0.6 is 11.6 Å². The van der Waals surface area contributed by atoms with Gasteiger partial charge in [0.2, 0.25) is 0 Å². The van der Waals surface area contributed by atoms with Crippen molar-refractivity contribution in [1.82, 2.24) is 5.32 Å². The Morgan fingerprint density at radius 3 is 2.40 bits per heavy atom. The zero-order chi connectivity index (χ0) is 15.3. The van der Waals surface area contributed by atoms with E-state index >= 15 is 0 Å². The van der Waals surface area contributed by atoms with E-state index in [1.165, 1.54) is 6.07 Å². The maximum Gasteiger partial charge on any atom is 0.417 e. The number of urea groups is 1. The minimum Gasteiger partial charge on any atom is -0.325 e. The topological polar surface area (TPSA) is 56.2 Å². The summed E-state index contributed by atoms with van der Waals surface area (Å²) >= 11 is 5.52. The molecule has 1 aliphatic heterocycles. The molecule has 8 heteroatoms. The molecule has 1 saturated heterocycles. The molecule has 0 spiro atoms. The van der Waals surface area contributed by atoms with Crippen LogP contribution in [0.2, 0.25) is 5.02 Å².